The molecule has 0 aliphatic carbocycles. The van der Waals surface area contributed by atoms with Gasteiger partial charge in [-0.15, -0.1) is 5.10 Å². The van der Waals surface area contributed by atoms with Crippen LogP contribution < -0.4 is 26.2 Å². The van der Waals surface area contributed by atoms with Gasteiger partial charge in [0.05, 0.1) is 17.9 Å². The van der Waals surface area contributed by atoms with E-state index in [0.717, 1.165) is 22.3 Å². The molecule has 0 bridgehead atoms. The molecule has 1 amide bonds. The highest BCUT2D eigenvalue weighted by molar-refractivity contribution is 6.01. The van der Waals surface area contributed by atoms with Gasteiger partial charge in [-0.3, -0.25) is 14.4 Å². The normalized spacial score (nSPS) is 10.8. The molecule has 0 atom stereocenters. The summed E-state index contributed by atoms with van der Waals surface area (Å²) in [5.74, 6) is 0.145. The van der Waals surface area contributed by atoms with Crippen LogP contribution in [0.5, 0.6) is 5.75 Å². The van der Waals surface area contributed by atoms with Gasteiger partial charge in [0.1, 0.15) is 5.69 Å². The van der Waals surface area contributed by atoms with Gasteiger partial charge in [-0.1, -0.05) is 54.6 Å². The fraction of sp³-hybridized carbons (Fsp3) is 0.111. The van der Waals surface area contributed by atoms with E-state index in [9.17, 15) is 14.4 Å². The minimum absolute atomic E-state index is 0.0302. The summed E-state index contributed by atoms with van der Waals surface area (Å²) in [5.41, 5.74) is 2.66. The predicted molar refractivity (Wildman–Crippen MR) is 138 cm³/mol. The van der Waals surface area contributed by atoms with E-state index in [4.69, 9.17) is 4.74 Å². The van der Waals surface area contributed by atoms with Crippen molar-refractivity contribution >= 4 is 17.3 Å². The SMILES string of the molecule is CCOc1c(Nc2cc(-c3cccc(-c4nnn[nH]4)c3)ccc2C(=O)NCc2ccccc2)c(=O)c1=O. The first-order chi connectivity index (χ1) is 18.0. The Bertz CT molecular complexity index is 1620. The number of hydrogen-bond donors (Lipinski definition) is 3. The molecule has 3 N–H and O–H groups in total. The number of H-pyrrole nitrogens is 1. The Morgan fingerprint density at radius 1 is 0.919 bits per heavy atom. The summed E-state index contributed by atoms with van der Waals surface area (Å²) < 4.78 is 5.35. The highest BCUT2D eigenvalue weighted by atomic mass is 16.5. The number of aromatic amines is 1. The quantitative estimate of drug-likeness (QED) is 0.266. The van der Waals surface area contributed by atoms with E-state index in [1.807, 2.05) is 60.7 Å². The van der Waals surface area contributed by atoms with Gasteiger partial charge in [-0.05, 0) is 52.2 Å². The number of amides is 1. The number of nitrogens with zero attached hydrogens (tertiary/aromatic N) is 3. The molecule has 0 radical (unpaired) electrons. The highest BCUT2D eigenvalue weighted by Gasteiger charge is 2.24. The third-order valence-electron chi connectivity index (χ3n) is 5.79. The number of aromatic nitrogens is 4. The zero-order chi connectivity index (χ0) is 25.8. The van der Waals surface area contributed by atoms with Crippen molar-refractivity contribution in [1.29, 1.82) is 0 Å². The summed E-state index contributed by atoms with van der Waals surface area (Å²) in [7, 11) is 0. The lowest BCUT2D eigenvalue weighted by Gasteiger charge is -2.17. The summed E-state index contributed by atoms with van der Waals surface area (Å²) in [6.07, 6.45) is 0. The van der Waals surface area contributed by atoms with Crippen LogP contribution in [-0.4, -0.2) is 33.1 Å². The molecule has 0 aliphatic heterocycles. The standard InChI is InChI=1S/C27H22N6O4/c1-2-37-25-22(23(34)24(25)35)29-21-14-18(17-9-6-10-19(13-17)26-30-32-33-31-26)11-12-20(21)27(36)28-15-16-7-4-3-5-8-16/h3-14,29H,2,15H2,1H3,(H,28,36)(H,30,31,32,33). The number of carbonyl (C=O) groups is 1. The van der Waals surface area contributed by atoms with Crippen LogP contribution in [0.4, 0.5) is 11.4 Å². The van der Waals surface area contributed by atoms with Gasteiger partial charge in [-0.25, -0.2) is 5.10 Å². The number of hydrogen-bond acceptors (Lipinski definition) is 8. The topological polar surface area (TPSA) is 139 Å². The summed E-state index contributed by atoms with van der Waals surface area (Å²) in [5, 5.41) is 19.8. The lowest BCUT2D eigenvalue weighted by atomic mass is 9.99. The lowest BCUT2D eigenvalue weighted by molar-refractivity contribution is 0.0951. The van der Waals surface area contributed by atoms with Crippen molar-refractivity contribution in [3.05, 3.63) is 104 Å². The second-order valence-corrected chi connectivity index (χ2v) is 8.18. The Morgan fingerprint density at radius 2 is 1.70 bits per heavy atom. The number of benzene rings is 3. The zero-order valence-electron chi connectivity index (χ0n) is 19.8. The summed E-state index contributed by atoms with van der Waals surface area (Å²) in [6, 6.07) is 22.3. The number of nitrogens with one attached hydrogen (secondary N) is 3. The van der Waals surface area contributed by atoms with Crippen molar-refractivity contribution < 1.29 is 9.53 Å². The highest BCUT2D eigenvalue weighted by Crippen LogP contribution is 2.31. The number of ether oxygens (including phenoxy) is 1. The molecule has 4 aromatic carbocycles. The van der Waals surface area contributed by atoms with Crippen LogP contribution in [0.3, 0.4) is 0 Å². The molecular formula is C27H22N6O4. The van der Waals surface area contributed by atoms with Gasteiger partial charge in [0.25, 0.3) is 16.8 Å². The second-order valence-electron chi connectivity index (χ2n) is 8.18. The van der Waals surface area contributed by atoms with Crippen LogP contribution in [0.25, 0.3) is 22.5 Å². The molecule has 10 heteroatoms. The maximum absolute atomic E-state index is 13.2. The minimum Gasteiger partial charge on any atom is -0.488 e. The van der Waals surface area contributed by atoms with E-state index in [-0.39, 0.29) is 24.0 Å². The van der Waals surface area contributed by atoms with Crippen molar-refractivity contribution in [2.75, 3.05) is 11.9 Å². The number of anilines is 2. The largest absolute Gasteiger partial charge is 0.488 e. The van der Waals surface area contributed by atoms with Gasteiger partial charge in [0, 0.05) is 12.1 Å². The summed E-state index contributed by atoms with van der Waals surface area (Å²) in [4.78, 5) is 37.5. The van der Waals surface area contributed by atoms with Crippen molar-refractivity contribution in [1.82, 2.24) is 25.9 Å². The predicted octanol–water partition coefficient (Wildman–Crippen LogP) is 3.20. The van der Waals surface area contributed by atoms with Crippen molar-refractivity contribution in [3.8, 4) is 28.3 Å². The van der Waals surface area contributed by atoms with E-state index in [1.165, 1.54) is 0 Å². The molecule has 184 valence electrons. The molecule has 5 aromatic rings. The summed E-state index contributed by atoms with van der Waals surface area (Å²) >= 11 is 0. The van der Waals surface area contributed by atoms with Gasteiger partial charge in [0.2, 0.25) is 0 Å². The Hall–Kier alpha value is -5.12. The Morgan fingerprint density at radius 3 is 2.46 bits per heavy atom. The Balaban J connectivity index is 1.51. The first kappa shape index (κ1) is 23.6. The van der Waals surface area contributed by atoms with Crippen LogP contribution in [-0.2, 0) is 6.54 Å². The van der Waals surface area contributed by atoms with E-state index >= 15 is 0 Å². The number of carbonyl (C=O) groups excluding carboxylic acids is 1. The third-order valence-corrected chi connectivity index (χ3v) is 5.79. The monoisotopic (exact) mass is 494 g/mol. The molecule has 1 heterocycles. The van der Waals surface area contributed by atoms with Gasteiger partial charge < -0.3 is 15.4 Å². The molecule has 0 unspecified atom stereocenters. The fourth-order valence-corrected chi connectivity index (χ4v) is 3.93. The van der Waals surface area contributed by atoms with E-state index in [2.05, 4.69) is 31.3 Å². The number of rotatable bonds is 9. The maximum atomic E-state index is 13.2. The fourth-order valence-electron chi connectivity index (χ4n) is 3.93. The molecule has 1 aromatic heterocycles. The molecule has 0 saturated heterocycles. The minimum atomic E-state index is -0.691. The van der Waals surface area contributed by atoms with E-state index in [1.54, 1.807) is 19.1 Å². The summed E-state index contributed by atoms with van der Waals surface area (Å²) in [6.45, 7) is 2.28. The van der Waals surface area contributed by atoms with Crippen LogP contribution in [0.2, 0.25) is 0 Å². The first-order valence-corrected chi connectivity index (χ1v) is 11.6. The molecule has 5 rings (SSSR count). The molecule has 0 fully saturated rings. The van der Waals surface area contributed by atoms with Crippen molar-refractivity contribution in [2.24, 2.45) is 0 Å². The average molecular weight is 495 g/mol. The van der Waals surface area contributed by atoms with Crippen LogP contribution >= 0.6 is 0 Å². The Kier molecular flexibility index (Phi) is 6.54. The van der Waals surface area contributed by atoms with Gasteiger partial charge in [0.15, 0.2) is 11.6 Å². The number of tetrazole rings is 1. The molecule has 0 saturated carbocycles. The Labute approximate surface area is 211 Å². The second kappa shape index (κ2) is 10.2. The van der Waals surface area contributed by atoms with E-state index < -0.39 is 10.9 Å². The lowest BCUT2D eigenvalue weighted by Crippen LogP contribution is -2.35. The van der Waals surface area contributed by atoms with Crippen molar-refractivity contribution in [3.63, 3.8) is 0 Å². The van der Waals surface area contributed by atoms with Crippen LogP contribution in [0, 0.1) is 0 Å². The van der Waals surface area contributed by atoms with Gasteiger partial charge in [-0.2, -0.15) is 0 Å². The van der Waals surface area contributed by atoms with Crippen molar-refractivity contribution in [2.45, 2.75) is 13.5 Å². The first-order valence-electron chi connectivity index (χ1n) is 11.6. The average Bonchev–Trinajstić information content (AvgIpc) is 3.49. The maximum Gasteiger partial charge on any atom is 0.272 e. The third kappa shape index (κ3) is 4.85. The molecule has 37 heavy (non-hydrogen) atoms. The smallest absolute Gasteiger partial charge is 0.272 e. The van der Waals surface area contributed by atoms with Crippen LogP contribution in [0.1, 0.15) is 22.8 Å². The van der Waals surface area contributed by atoms with Gasteiger partial charge >= 0.3 is 0 Å². The van der Waals surface area contributed by atoms with Crippen LogP contribution in [0.15, 0.2) is 82.4 Å². The van der Waals surface area contributed by atoms with E-state index in [0.29, 0.717) is 23.6 Å². The molecular weight excluding hydrogens is 472 g/mol. The molecule has 0 spiro atoms. The molecule has 10 nitrogen and oxygen atoms in total. The zero-order valence-corrected chi connectivity index (χ0v) is 19.8. The molecule has 0 aliphatic rings.